The third kappa shape index (κ3) is 2.02. The van der Waals surface area contributed by atoms with E-state index in [1.165, 1.54) is 11.3 Å². The fraction of sp³-hybridized carbons (Fsp3) is 0.250. The average molecular weight is 288 g/mol. The molecule has 0 heterocycles. The Labute approximate surface area is 132 Å². The third-order valence-corrected chi connectivity index (χ3v) is 4.58. The van der Waals surface area contributed by atoms with E-state index in [4.69, 9.17) is 0 Å². The molecule has 110 valence electrons. The first-order valence-corrected chi connectivity index (χ1v) is 7.63. The molecule has 0 saturated carbocycles. The number of allylic oxidation sites excluding steroid dienone is 1. The van der Waals surface area contributed by atoms with Crippen LogP contribution in [0.1, 0.15) is 30.0 Å². The molecule has 0 N–H and O–H groups in total. The summed E-state index contributed by atoms with van der Waals surface area (Å²) in [5.74, 6) is 0. The molecule has 22 heavy (non-hydrogen) atoms. The molecule has 0 aliphatic heterocycles. The summed E-state index contributed by atoms with van der Waals surface area (Å²) in [6.45, 7) is 2.09. The Morgan fingerprint density at radius 2 is 1.77 bits per heavy atom. The topological polar surface area (TPSA) is 27.0 Å². The van der Waals surface area contributed by atoms with E-state index in [0.717, 1.165) is 23.1 Å². The molecule has 1 atom stereocenters. The molecule has 2 aromatic carbocycles. The summed E-state index contributed by atoms with van der Waals surface area (Å²) >= 11 is 0. The third-order valence-electron chi connectivity index (χ3n) is 4.58. The lowest BCUT2D eigenvalue weighted by Gasteiger charge is -2.41. The smallest absolute Gasteiger partial charge is 0.108 e. The van der Waals surface area contributed by atoms with Crippen LogP contribution in [0.2, 0.25) is 0 Å². The second kappa shape index (κ2) is 5.35. The molecule has 0 bridgehead atoms. The highest BCUT2D eigenvalue weighted by molar-refractivity contribution is 5.99. The van der Waals surface area contributed by atoms with Crippen molar-refractivity contribution in [3.8, 4) is 6.07 Å². The van der Waals surface area contributed by atoms with Gasteiger partial charge >= 0.3 is 0 Å². The van der Waals surface area contributed by atoms with Gasteiger partial charge in [0.1, 0.15) is 5.41 Å². The predicted octanol–water partition coefficient (Wildman–Crippen LogP) is 4.48. The maximum absolute atomic E-state index is 9.75. The Morgan fingerprint density at radius 1 is 1.09 bits per heavy atom. The van der Waals surface area contributed by atoms with Crippen LogP contribution >= 0.6 is 0 Å². The SMILES string of the molecule is CCC1(C#N)/C(=C/c2ccc(N(C)C)cc2)c2ccccc21. The zero-order valence-corrected chi connectivity index (χ0v) is 13.3. The summed E-state index contributed by atoms with van der Waals surface area (Å²) in [5, 5.41) is 9.75. The Morgan fingerprint density at radius 3 is 2.36 bits per heavy atom. The van der Waals surface area contributed by atoms with E-state index in [-0.39, 0.29) is 0 Å². The van der Waals surface area contributed by atoms with Crippen LogP contribution in [0.25, 0.3) is 11.6 Å². The maximum atomic E-state index is 9.75. The second-order valence-electron chi connectivity index (χ2n) is 5.96. The van der Waals surface area contributed by atoms with Crippen LogP contribution in [0.3, 0.4) is 0 Å². The van der Waals surface area contributed by atoms with Crippen molar-refractivity contribution in [2.24, 2.45) is 0 Å². The van der Waals surface area contributed by atoms with Crippen molar-refractivity contribution in [2.75, 3.05) is 19.0 Å². The highest BCUT2D eigenvalue weighted by Crippen LogP contribution is 2.53. The van der Waals surface area contributed by atoms with Gasteiger partial charge in [0.2, 0.25) is 0 Å². The van der Waals surface area contributed by atoms with Gasteiger partial charge in [0.25, 0.3) is 0 Å². The molecule has 1 unspecified atom stereocenters. The van der Waals surface area contributed by atoms with E-state index < -0.39 is 5.41 Å². The molecule has 0 spiro atoms. The molecular formula is C20H20N2. The fourth-order valence-electron chi connectivity index (χ4n) is 3.22. The molecule has 0 radical (unpaired) electrons. The molecule has 0 aromatic heterocycles. The van der Waals surface area contributed by atoms with Crippen molar-refractivity contribution in [1.29, 1.82) is 5.26 Å². The number of rotatable bonds is 3. The Bertz CT molecular complexity index is 763. The van der Waals surface area contributed by atoms with Gasteiger partial charge in [-0.05, 0) is 46.9 Å². The minimum atomic E-state index is -0.448. The monoisotopic (exact) mass is 288 g/mol. The van der Waals surface area contributed by atoms with Crippen molar-refractivity contribution >= 4 is 17.3 Å². The quantitative estimate of drug-likeness (QED) is 0.832. The number of nitriles is 1. The Hall–Kier alpha value is -2.53. The molecule has 3 rings (SSSR count). The number of fused-ring (bicyclic) bond motifs is 1. The van der Waals surface area contributed by atoms with Crippen LogP contribution in [-0.2, 0) is 5.41 Å². The number of hydrogen-bond acceptors (Lipinski definition) is 2. The van der Waals surface area contributed by atoms with Gasteiger partial charge in [-0.1, -0.05) is 43.3 Å². The van der Waals surface area contributed by atoms with Gasteiger partial charge in [-0.3, -0.25) is 0 Å². The van der Waals surface area contributed by atoms with Crippen LogP contribution in [0.5, 0.6) is 0 Å². The lowest BCUT2D eigenvalue weighted by atomic mass is 9.59. The molecule has 2 nitrogen and oxygen atoms in total. The molecule has 1 aliphatic carbocycles. The highest BCUT2D eigenvalue weighted by Gasteiger charge is 2.46. The standard InChI is InChI=1S/C20H20N2/c1-4-20(14-21)18-8-6-5-7-17(18)19(20)13-15-9-11-16(12-10-15)22(2)3/h5-13H,4H2,1-3H3/b19-13+. The highest BCUT2D eigenvalue weighted by atomic mass is 15.1. The first-order chi connectivity index (χ1) is 10.6. The molecule has 2 heteroatoms. The van der Waals surface area contributed by atoms with Crippen molar-refractivity contribution in [1.82, 2.24) is 0 Å². The minimum absolute atomic E-state index is 0.448. The Balaban J connectivity index is 2.05. The molecule has 2 aromatic rings. The minimum Gasteiger partial charge on any atom is -0.378 e. The van der Waals surface area contributed by atoms with Gasteiger partial charge in [0.15, 0.2) is 0 Å². The van der Waals surface area contributed by atoms with E-state index in [9.17, 15) is 5.26 Å². The van der Waals surface area contributed by atoms with E-state index in [2.05, 4.69) is 60.4 Å². The molecule has 1 aliphatic rings. The van der Waals surface area contributed by atoms with Crippen molar-refractivity contribution in [3.63, 3.8) is 0 Å². The zero-order valence-electron chi connectivity index (χ0n) is 13.3. The summed E-state index contributed by atoms with van der Waals surface area (Å²) in [7, 11) is 4.07. The molecule has 0 amide bonds. The van der Waals surface area contributed by atoms with Gasteiger partial charge in [-0.15, -0.1) is 0 Å². The van der Waals surface area contributed by atoms with Gasteiger partial charge in [-0.25, -0.2) is 0 Å². The summed E-state index contributed by atoms with van der Waals surface area (Å²) in [6.07, 6.45) is 2.97. The van der Waals surface area contributed by atoms with Crippen LogP contribution < -0.4 is 4.90 Å². The lowest BCUT2D eigenvalue weighted by Crippen LogP contribution is -2.35. The summed E-state index contributed by atoms with van der Waals surface area (Å²) in [5.41, 5.74) is 5.39. The maximum Gasteiger partial charge on any atom is 0.108 e. The number of anilines is 1. The summed E-state index contributed by atoms with van der Waals surface area (Å²) < 4.78 is 0. The molecule has 0 saturated heterocycles. The van der Waals surface area contributed by atoms with Crippen LogP contribution in [0, 0.1) is 11.3 Å². The first kappa shape index (κ1) is 14.4. The van der Waals surface area contributed by atoms with E-state index in [1.54, 1.807) is 0 Å². The van der Waals surface area contributed by atoms with Gasteiger partial charge in [0, 0.05) is 19.8 Å². The van der Waals surface area contributed by atoms with Crippen LogP contribution in [0.15, 0.2) is 48.5 Å². The van der Waals surface area contributed by atoms with Crippen molar-refractivity contribution < 1.29 is 0 Å². The number of hydrogen-bond donors (Lipinski definition) is 0. The van der Waals surface area contributed by atoms with Crippen molar-refractivity contribution in [3.05, 3.63) is 65.2 Å². The van der Waals surface area contributed by atoms with Crippen LogP contribution in [-0.4, -0.2) is 14.1 Å². The van der Waals surface area contributed by atoms with Crippen molar-refractivity contribution in [2.45, 2.75) is 18.8 Å². The summed E-state index contributed by atoms with van der Waals surface area (Å²) in [6, 6.07) is 19.2. The number of benzene rings is 2. The van der Waals surface area contributed by atoms with Gasteiger partial charge in [0.05, 0.1) is 6.07 Å². The average Bonchev–Trinajstić information content (AvgIpc) is 2.55. The van der Waals surface area contributed by atoms with Gasteiger partial charge in [-0.2, -0.15) is 5.26 Å². The van der Waals surface area contributed by atoms with E-state index >= 15 is 0 Å². The Kier molecular flexibility index (Phi) is 3.50. The molecular weight excluding hydrogens is 268 g/mol. The largest absolute Gasteiger partial charge is 0.378 e. The molecule has 0 fully saturated rings. The number of nitrogens with zero attached hydrogens (tertiary/aromatic N) is 2. The van der Waals surface area contributed by atoms with Gasteiger partial charge < -0.3 is 4.90 Å². The predicted molar refractivity (Wildman–Crippen MR) is 92.7 cm³/mol. The first-order valence-electron chi connectivity index (χ1n) is 7.63. The van der Waals surface area contributed by atoms with E-state index in [1.807, 2.05) is 26.2 Å². The van der Waals surface area contributed by atoms with E-state index in [0.29, 0.717) is 0 Å². The second-order valence-corrected chi connectivity index (χ2v) is 5.96. The van der Waals surface area contributed by atoms with Crippen LogP contribution in [0.4, 0.5) is 5.69 Å². The summed E-state index contributed by atoms with van der Waals surface area (Å²) in [4.78, 5) is 2.08. The fourth-order valence-corrected chi connectivity index (χ4v) is 3.22. The normalized spacial score (nSPS) is 20.9. The zero-order chi connectivity index (χ0) is 15.7. The lowest BCUT2D eigenvalue weighted by molar-refractivity contribution is 0.639.